The molecule has 2 N–H and O–H groups in total. The zero-order valence-electron chi connectivity index (χ0n) is 12.1. The summed E-state index contributed by atoms with van der Waals surface area (Å²) in [5, 5.41) is 30.6. The Balaban J connectivity index is 3.45. The standard InChI is InChI=1S/C13H15NO8/c1-6-8(10(15)11(16)13(18)22-3)4-7(14(19)20)5-9(6)12(17)21-2/h4-5,10-11,15-16H,1-3H3. The molecule has 0 saturated heterocycles. The lowest BCUT2D eigenvalue weighted by Crippen LogP contribution is -2.29. The van der Waals surface area contributed by atoms with E-state index in [-0.39, 0.29) is 16.7 Å². The van der Waals surface area contributed by atoms with Crippen molar-refractivity contribution >= 4 is 17.6 Å². The summed E-state index contributed by atoms with van der Waals surface area (Å²) in [6, 6.07) is 1.96. The molecule has 1 rings (SSSR count). The third-order valence-corrected chi connectivity index (χ3v) is 3.11. The molecule has 22 heavy (non-hydrogen) atoms. The van der Waals surface area contributed by atoms with Crippen molar-refractivity contribution in [2.24, 2.45) is 0 Å². The highest BCUT2D eigenvalue weighted by Crippen LogP contribution is 2.29. The minimum atomic E-state index is -1.95. The van der Waals surface area contributed by atoms with Crippen molar-refractivity contribution in [3.05, 3.63) is 38.9 Å². The highest BCUT2D eigenvalue weighted by Gasteiger charge is 2.31. The number of carbonyl (C=O) groups excluding carboxylic acids is 2. The molecular formula is C13H15NO8. The number of non-ortho nitro benzene ring substituents is 1. The molecule has 0 aliphatic heterocycles. The number of carbonyl (C=O) groups is 2. The summed E-state index contributed by atoms with van der Waals surface area (Å²) in [6.07, 6.45) is -3.74. The summed E-state index contributed by atoms with van der Waals surface area (Å²) in [5.41, 5.74) is -0.639. The Kier molecular flexibility index (Phi) is 5.55. The summed E-state index contributed by atoms with van der Waals surface area (Å²) in [5.74, 6) is -1.96. The zero-order valence-corrected chi connectivity index (χ0v) is 12.1. The predicted octanol–water partition coefficient (Wildman–Crippen LogP) is 0.257. The number of rotatable bonds is 5. The second-order valence-electron chi connectivity index (χ2n) is 4.37. The molecule has 0 radical (unpaired) electrons. The number of hydrogen-bond acceptors (Lipinski definition) is 8. The molecule has 9 nitrogen and oxygen atoms in total. The Morgan fingerprint density at radius 1 is 1.23 bits per heavy atom. The van der Waals surface area contributed by atoms with Gasteiger partial charge in [0.05, 0.1) is 24.7 Å². The van der Waals surface area contributed by atoms with Crippen LogP contribution in [0.25, 0.3) is 0 Å². The maximum Gasteiger partial charge on any atom is 0.338 e. The molecule has 2 unspecified atom stereocenters. The summed E-state index contributed by atoms with van der Waals surface area (Å²) >= 11 is 0. The fourth-order valence-electron chi connectivity index (χ4n) is 1.88. The number of methoxy groups -OCH3 is 2. The monoisotopic (exact) mass is 313 g/mol. The average molecular weight is 313 g/mol. The van der Waals surface area contributed by atoms with Gasteiger partial charge in [-0.2, -0.15) is 0 Å². The first-order valence-corrected chi connectivity index (χ1v) is 6.05. The molecule has 0 saturated carbocycles. The molecule has 0 aliphatic rings. The molecule has 0 fully saturated rings. The third kappa shape index (κ3) is 3.38. The molecule has 1 aromatic rings. The van der Waals surface area contributed by atoms with Crippen LogP contribution in [0.15, 0.2) is 12.1 Å². The number of nitrogens with zero attached hydrogens (tertiary/aromatic N) is 1. The Bertz CT molecular complexity index is 612. The number of nitro groups is 1. The van der Waals surface area contributed by atoms with E-state index in [1.807, 2.05) is 0 Å². The third-order valence-electron chi connectivity index (χ3n) is 3.11. The van der Waals surface area contributed by atoms with E-state index in [1.54, 1.807) is 0 Å². The van der Waals surface area contributed by atoms with Crippen LogP contribution >= 0.6 is 0 Å². The second-order valence-corrected chi connectivity index (χ2v) is 4.37. The molecule has 9 heteroatoms. The van der Waals surface area contributed by atoms with Crippen LogP contribution < -0.4 is 0 Å². The second kappa shape index (κ2) is 6.96. The molecule has 120 valence electrons. The van der Waals surface area contributed by atoms with E-state index in [0.29, 0.717) is 0 Å². The lowest BCUT2D eigenvalue weighted by molar-refractivity contribution is -0.385. The molecule has 0 aromatic heterocycles. The first kappa shape index (κ1) is 17.5. The maximum absolute atomic E-state index is 11.7. The minimum Gasteiger partial charge on any atom is -0.467 e. The van der Waals surface area contributed by atoms with E-state index in [4.69, 9.17) is 0 Å². The van der Waals surface area contributed by atoms with Gasteiger partial charge in [0.1, 0.15) is 6.10 Å². The van der Waals surface area contributed by atoms with Crippen LogP contribution in [-0.2, 0) is 14.3 Å². The van der Waals surface area contributed by atoms with Crippen molar-refractivity contribution in [2.75, 3.05) is 14.2 Å². The molecule has 1 aromatic carbocycles. The maximum atomic E-state index is 11.7. The molecule has 0 bridgehead atoms. The SMILES string of the molecule is COC(=O)c1cc([N+](=O)[O-])cc(C(O)C(O)C(=O)OC)c1C. The van der Waals surface area contributed by atoms with Crippen LogP contribution in [0.3, 0.4) is 0 Å². The van der Waals surface area contributed by atoms with Gasteiger partial charge in [-0.3, -0.25) is 10.1 Å². The summed E-state index contributed by atoms with van der Waals surface area (Å²) in [6.45, 7) is 1.40. The summed E-state index contributed by atoms with van der Waals surface area (Å²) in [4.78, 5) is 33.1. The van der Waals surface area contributed by atoms with Crippen molar-refractivity contribution in [1.29, 1.82) is 0 Å². The molecule has 2 atom stereocenters. The summed E-state index contributed by atoms with van der Waals surface area (Å²) < 4.78 is 8.81. The zero-order chi connectivity index (χ0) is 17.0. The van der Waals surface area contributed by atoms with Gasteiger partial charge in [0.15, 0.2) is 6.10 Å². The van der Waals surface area contributed by atoms with Crippen LogP contribution in [0.2, 0.25) is 0 Å². The molecule has 0 spiro atoms. The van der Waals surface area contributed by atoms with Gasteiger partial charge >= 0.3 is 11.9 Å². The molecule has 0 aliphatic carbocycles. The smallest absolute Gasteiger partial charge is 0.338 e. The number of esters is 2. The van der Waals surface area contributed by atoms with E-state index in [2.05, 4.69) is 9.47 Å². The van der Waals surface area contributed by atoms with Crippen molar-refractivity contribution in [1.82, 2.24) is 0 Å². The molecule has 0 heterocycles. The van der Waals surface area contributed by atoms with Crippen molar-refractivity contribution in [3.63, 3.8) is 0 Å². The average Bonchev–Trinajstić information content (AvgIpc) is 2.51. The van der Waals surface area contributed by atoms with Gasteiger partial charge in [-0.15, -0.1) is 0 Å². The van der Waals surface area contributed by atoms with Gasteiger partial charge in [-0.05, 0) is 18.1 Å². The topological polar surface area (TPSA) is 136 Å². The highest BCUT2D eigenvalue weighted by atomic mass is 16.6. The lowest BCUT2D eigenvalue weighted by atomic mass is 9.94. The highest BCUT2D eigenvalue weighted by molar-refractivity contribution is 5.92. The Morgan fingerprint density at radius 3 is 2.27 bits per heavy atom. The predicted molar refractivity (Wildman–Crippen MR) is 72.2 cm³/mol. The quantitative estimate of drug-likeness (QED) is 0.448. The number of ether oxygens (including phenoxy) is 2. The normalized spacial score (nSPS) is 13.1. The van der Waals surface area contributed by atoms with Crippen LogP contribution in [0.4, 0.5) is 5.69 Å². The fraction of sp³-hybridized carbons (Fsp3) is 0.385. The van der Waals surface area contributed by atoms with E-state index in [1.165, 1.54) is 6.92 Å². The van der Waals surface area contributed by atoms with Crippen molar-refractivity contribution in [3.8, 4) is 0 Å². The van der Waals surface area contributed by atoms with Gasteiger partial charge in [-0.25, -0.2) is 9.59 Å². The van der Waals surface area contributed by atoms with E-state index >= 15 is 0 Å². The van der Waals surface area contributed by atoms with Gasteiger partial charge in [0.25, 0.3) is 5.69 Å². The van der Waals surface area contributed by atoms with Crippen molar-refractivity contribution < 1.29 is 34.2 Å². The first-order valence-electron chi connectivity index (χ1n) is 6.05. The number of nitro benzene ring substituents is 1. The van der Waals surface area contributed by atoms with E-state index in [0.717, 1.165) is 26.4 Å². The van der Waals surface area contributed by atoms with Gasteiger partial charge < -0.3 is 19.7 Å². The van der Waals surface area contributed by atoms with Crippen LogP contribution in [0.5, 0.6) is 0 Å². The molecular weight excluding hydrogens is 298 g/mol. The number of benzene rings is 1. The Hall–Kier alpha value is -2.52. The van der Waals surface area contributed by atoms with Gasteiger partial charge in [0, 0.05) is 12.1 Å². The Morgan fingerprint density at radius 2 is 1.82 bits per heavy atom. The van der Waals surface area contributed by atoms with Gasteiger partial charge in [0.2, 0.25) is 0 Å². The van der Waals surface area contributed by atoms with Crippen LogP contribution in [0, 0.1) is 17.0 Å². The first-order chi connectivity index (χ1) is 10.2. The summed E-state index contributed by atoms with van der Waals surface area (Å²) in [7, 11) is 2.11. The number of hydrogen-bond donors (Lipinski definition) is 2. The number of aliphatic hydroxyl groups excluding tert-OH is 2. The number of aliphatic hydroxyl groups is 2. The van der Waals surface area contributed by atoms with Crippen molar-refractivity contribution in [2.45, 2.75) is 19.1 Å². The van der Waals surface area contributed by atoms with Crippen LogP contribution in [0.1, 0.15) is 27.6 Å². The lowest BCUT2D eigenvalue weighted by Gasteiger charge is -2.19. The van der Waals surface area contributed by atoms with Gasteiger partial charge in [-0.1, -0.05) is 0 Å². The van der Waals surface area contributed by atoms with E-state index < -0.39 is 34.8 Å². The molecule has 0 amide bonds. The minimum absolute atomic E-state index is 0.146. The Labute approximate surface area is 125 Å². The van der Waals surface area contributed by atoms with E-state index in [9.17, 15) is 29.9 Å². The van der Waals surface area contributed by atoms with Crippen LogP contribution in [-0.4, -0.2) is 47.4 Å². The largest absolute Gasteiger partial charge is 0.467 e. The fourth-order valence-corrected chi connectivity index (χ4v) is 1.88.